The van der Waals surface area contributed by atoms with Crippen LogP contribution in [-0.2, 0) is 4.79 Å². The summed E-state index contributed by atoms with van der Waals surface area (Å²) in [7, 11) is 0. The van der Waals surface area contributed by atoms with Gasteiger partial charge in [-0.3, -0.25) is 9.36 Å². The number of rotatable bonds is 6. The van der Waals surface area contributed by atoms with Gasteiger partial charge >= 0.3 is 0 Å². The molecule has 0 bridgehead atoms. The molecule has 29 heavy (non-hydrogen) atoms. The number of carbonyl (C=O) groups excluding carboxylic acids is 1. The zero-order valence-corrected chi connectivity index (χ0v) is 17.6. The Labute approximate surface area is 177 Å². The molecular weight excluding hydrogens is 402 g/mol. The zero-order valence-electron chi connectivity index (χ0n) is 16.0. The van der Waals surface area contributed by atoms with Gasteiger partial charge in [0, 0.05) is 28.5 Å². The normalized spacial score (nSPS) is 10.8. The summed E-state index contributed by atoms with van der Waals surface area (Å²) >= 11 is 2.92. The molecule has 0 fully saturated rings. The maximum Gasteiger partial charge on any atom is 0.234 e. The first kappa shape index (κ1) is 19.4. The smallest absolute Gasteiger partial charge is 0.234 e. The van der Waals surface area contributed by atoms with Crippen LogP contribution in [0.2, 0.25) is 0 Å². The molecule has 2 aromatic heterocycles. The van der Waals surface area contributed by atoms with Gasteiger partial charge in [-0.05, 0) is 49.2 Å². The molecule has 4 aromatic rings. The van der Waals surface area contributed by atoms with Crippen molar-refractivity contribution in [3.63, 3.8) is 0 Å². The van der Waals surface area contributed by atoms with Gasteiger partial charge in [0.15, 0.2) is 5.16 Å². The fraction of sp³-hybridized carbons (Fsp3) is 0.143. The number of thiazole rings is 1. The molecule has 4 rings (SSSR count). The van der Waals surface area contributed by atoms with Gasteiger partial charge in [0.2, 0.25) is 5.91 Å². The molecule has 0 saturated carbocycles. The summed E-state index contributed by atoms with van der Waals surface area (Å²) in [6, 6.07) is 13.9. The van der Waals surface area contributed by atoms with E-state index in [0.717, 1.165) is 21.9 Å². The number of nitrogens with zero attached hydrogens (tertiary/aromatic N) is 4. The highest BCUT2D eigenvalue weighted by Crippen LogP contribution is 2.25. The van der Waals surface area contributed by atoms with Crippen molar-refractivity contribution in [2.75, 3.05) is 11.1 Å². The fourth-order valence-electron chi connectivity index (χ4n) is 2.80. The highest BCUT2D eigenvalue weighted by molar-refractivity contribution is 7.99. The second-order valence-electron chi connectivity index (χ2n) is 6.51. The molecule has 6 nitrogen and oxygen atoms in total. The van der Waals surface area contributed by atoms with E-state index in [-0.39, 0.29) is 11.7 Å². The lowest BCUT2D eigenvalue weighted by Gasteiger charge is -2.09. The lowest BCUT2D eigenvalue weighted by molar-refractivity contribution is -0.113. The number of thioether (sulfide) groups is 1. The van der Waals surface area contributed by atoms with E-state index in [4.69, 9.17) is 0 Å². The first-order valence-electron chi connectivity index (χ1n) is 9.00. The van der Waals surface area contributed by atoms with Crippen LogP contribution in [0, 0.1) is 13.8 Å². The Bertz CT molecular complexity index is 1140. The van der Waals surface area contributed by atoms with Crippen molar-refractivity contribution in [2.45, 2.75) is 19.0 Å². The SMILES string of the molecule is Cc1ccc(-n2cnnc2SCC(=O)Nc2cccc(-c3nccs3)c2)cc1C. The predicted molar refractivity (Wildman–Crippen MR) is 118 cm³/mol. The Morgan fingerprint density at radius 2 is 2.07 bits per heavy atom. The van der Waals surface area contributed by atoms with Crippen LogP contribution in [0.25, 0.3) is 16.3 Å². The summed E-state index contributed by atoms with van der Waals surface area (Å²) in [5.74, 6) is 0.145. The highest BCUT2D eigenvalue weighted by atomic mass is 32.2. The lowest BCUT2D eigenvalue weighted by atomic mass is 10.1. The van der Waals surface area contributed by atoms with E-state index in [9.17, 15) is 4.79 Å². The maximum absolute atomic E-state index is 12.4. The fourth-order valence-corrected chi connectivity index (χ4v) is 4.16. The number of benzene rings is 2. The Kier molecular flexibility index (Phi) is 5.73. The number of aryl methyl sites for hydroxylation is 2. The van der Waals surface area contributed by atoms with Crippen LogP contribution in [0.1, 0.15) is 11.1 Å². The molecule has 0 atom stereocenters. The average molecular weight is 422 g/mol. The van der Waals surface area contributed by atoms with E-state index in [2.05, 4.69) is 46.5 Å². The minimum Gasteiger partial charge on any atom is -0.325 e. The number of aromatic nitrogens is 4. The molecule has 0 aliphatic carbocycles. The van der Waals surface area contributed by atoms with E-state index in [1.54, 1.807) is 23.9 Å². The van der Waals surface area contributed by atoms with Gasteiger partial charge in [-0.15, -0.1) is 21.5 Å². The van der Waals surface area contributed by atoms with Crippen LogP contribution in [0.4, 0.5) is 5.69 Å². The Morgan fingerprint density at radius 1 is 1.17 bits per heavy atom. The average Bonchev–Trinajstić information content (AvgIpc) is 3.41. The number of nitrogens with one attached hydrogen (secondary N) is 1. The van der Waals surface area contributed by atoms with Crippen LogP contribution in [-0.4, -0.2) is 31.4 Å². The van der Waals surface area contributed by atoms with E-state index in [0.29, 0.717) is 5.16 Å². The number of carbonyl (C=O) groups is 1. The first-order valence-corrected chi connectivity index (χ1v) is 10.9. The van der Waals surface area contributed by atoms with Gasteiger partial charge in [0.1, 0.15) is 11.3 Å². The van der Waals surface area contributed by atoms with Crippen LogP contribution < -0.4 is 5.32 Å². The molecule has 8 heteroatoms. The Balaban J connectivity index is 1.42. The van der Waals surface area contributed by atoms with Gasteiger partial charge in [-0.25, -0.2) is 4.98 Å². The van der Waals surface area contributed by atoms with Gasteiger partial charge in [-0.2, -0.15) is 0 Å². The standard InChI is InChI=1S/C21H19N5OS2/c1-14-6-7-18(10-15(14)2)26-13-23-25-21(26)29-12-19(27)24-17-5-3-4-16(11-17)20-22-8-9-28-20/h3-11,13H,12H2,1-2H3,(H,24,27). The Morgan fingerprint density at radius 3 is 2.86 bits per heavy atom. The first-order chi connectivity index (χ1) is 14.1. The molecule has 0 spiro atoms. The molecule has 0 aliphatic rings. The summed E-state index contributed by atoms with van der Waals surface area (Å²) in [5.41, 5.74) is 5.15. The molecular formula is C21H19N5OS2. The molecule has 146 valence electrons. The number of hydrogen-bond donors (Lipinski definition) is 1. The topological polar surface area (TPSA) is 72.7 Å². The maximum atomic E-state index is 12.4. The van der Waals surface area contributed by atoms with E-state index >= 15 is 0 Å². The molecule has 2 aromatic carbocycles. The van der Waals surface area contributed by atoms with Crippen LogP contribution in [0.15, 0.2) is 65.5 Å². The van der Waals surface area contributed by atoms with E-state index < -0.39 is 0 Å². The molecule has 2 heterocycles. The summed E-state index contributed by atoms with van der Waals surface area (Å²) in [4.78, 5) is 16.8. The molecule has 0 radical (unpaired) electrons. The number of anilines is 1. The molecule has 0 unspecified atom stereocenters. The third-order valence-corrected chi connectivity index (χ3v) is 6.21. The van der Waals surface area contributed by atoms with Crippen LogP contribution in [0.5, 0.6) is 0 Å². The van der Waals surface area contributed by atoms with Gasteiger partial charge in [-0.1, -0.05) is 30.0 Å². The Hall–Kier alpha value is -2.97. The van der Waals surface area contributed by atoms with Crippen molar-refractivity contribution in [3.8, 4) is 16.3 Å². The van der Waals surface area contributed by atoms with Crippen LogP contribution >= 0.6 is 23.1 Å². The summed E-state index contributed by atoms with van der Waals surface area (Å²) < 4.78 is 1.90. The monoisotopic (exact) mass is 421 g/mol. The quantitative estimate of drug-likeness (QED) is 0.455. The summed E-state index contributed by atoms with van der Waals surface area (Å²) in [5, 5.41) is 14.7. The predicted octanol–water partition coefficient (Wildman–Crippen LogP) is 4.74. The van der Waals surface area contributed by atoms with Crippen molar-refractivity contribution in [1.29, 1.82) is 0 Å². The molecule has 0 aliphatic heterocycles. The van der Waals surface area contributed by atoms with Gasteiger partial charge in [0.05, 0.1) is 5.75 Å². The second kappa shape index (κ2) is 8.59. The lowest BCUT2D eigenvalue weighted by Crippen LogP contribution is -2.14. The van der Waals surface area contributed by atoms with Gasteiger partial charge in [0.25, 0.3) is 0 Å². The highest BCUT2D eigenvalue weighted by Gasteiger charge is 2.11. The molecule has 0 saturated heterocycles. The molecule has 1 N–H and O–H groups in total. The minimum atomic E-state index is -0.0964. The summed E-state index contributed by atoms with van der Waals surface area (Å²) in [6.07, 6.45) is 3.44. The van der Waals surface area contributed by atoms with Crippen molar-refractivity contribution in [3.05, 3.63) is 71.5 Å². The van der Waals surface area contributed by atoms with Crippen molar-refractivity contribution in [2.24, 2.45) is 0 Å². The molecule has 1 amide bonds. The number of amides is 1. The second-order valence-corrected chi connectivity index (χ2v) is 8.34. The third kappa shape index (κ3) is 4.55. The van der Waals surface area contributed by atoms with Crippen molar-refractivity contribution in [1.82, 2.24) is 19.7 Å². The van der Waals surface area contributed by atoms with E-state index in [1.165, 1.54) is 22.9 Å². The van der Waals surface area contributed by atoms with Crippen LogP contribution in [0.3, 0.4) is 0 Å². The van der Waals surface area contributed by atoms with Gasteiger partial charge < -0.3 is 5.32 Å². The van der Waals surface area contributed by atoms with Crippen molar-refractivity contribution < 1.29 is 4.79 Å². The third-order valence-electron chi connectivity index (χ3n) is 4.44. The number of hydrogen-bond acceptors (Lipinski definition) is 6. The minimum absolute atomic E-state index is 0.0964. The largest absolute Gasteiger partial charge is 0.325 e. The summed E-state index contributed by atoms with van der Waals surface area (Å²) in [6.45, 7) is 4.15. The van der Waals surface area contributed by atoms with E-state index in [1.807, 2.05) is 40.3 Å². The zero-order chi connectivity index (χ0) is 20.2. The van der Waals surface area contributed by atoms with Crippen molar-refractivity contribution >= 4 is 34.7 Å².